The molecule has 0 saturated carbocycles. The Morgan fingerprint density at radius 2 is 1.96 bits per heavy atom. The van der Waals surface area contributed by atoms with Gasteiger partial charge in [0.05, 0.1) is 0 Å². The summed E-state index contributed by atoms with van der Waals surface area (Å²) in [5, 5.41) is 0.714. The molecule has 0 amide bonds. The standard InChI is InChI=1S/C19H21BrClNO2/c1-13(2)22-10-17(11-22)24-19-9-15(20)6-7-18(19)23-12-14-4-3-5-16(21)8-14/h3-9,13,17H,10-12H2,1-2H3. The first-order valence-electron chi connectivity index (χ1n) is 8.09. The van der Waals surface area contributed by atoms with Crippen LogP contribution in [0.3, 0.4) is 0 Å². The number of nitrogens with zero attached hydrogens (tertiary/aromatic N) is 1. The summed E-state index contributed by atoms with van der Waals surface area (Å²) in [6, 6.07) is 14.1. The minimum Gasteiger partial charge on any atom is -0.485 e. The first kappa shape index (κ1) is 17.6. The Balaban J connectivity index is 1.65. The van der Waals surface area contributed by atoms with Crippen LogP contribution in [0.2, 0.25) is 5.02 Å². The largest absolute Gasteiger partial charge is 0.485 e. The van der Waals surface area contributed by atoms with Crippen molar-refractivity contribution in [2.75, 3.05) is 13.1 Å². The van der Waals surface area contributed by atoms with Crippen LogP contribution in [0.5, 0.6) is 11.5 Å². The van der Waals surface area contributed by atoms with Gasteiger partial charge < -0.3 is 9.47 Å². The van der Waals surface area contributed by atoms with Gasteiger partial charge in [0.1, 0.15) is 12.7 Å². The van der Waals surface area contributed by atoms with Crippen molar-refractivity contribution >= 4 is 27.5 Å². The molecule has 3 nitrogen and oxygen atoms in total. The molecule has 1 aliphatic rings. The molecule has 1 aliphatic heterocycles. The maximum atomic E-state index is 6.13. The van der Waals surface area contributed by atoms with Crippen molar-refractivity contribution in [3.8, 4) is 11.5 Å². The molecular formula is C19H21BrClNO2. The zero-order valence-electron chi connectivity index (χ0n) is 13.8. The van der Waals surface area contributed by atoms with Crippen molar-refractivity contribution in [3.63, 3.8) is 0 Å². The third-order valence-electron chi connectivity index (χ3n) is 4.09. The van der Waals surface area contributed by atoms with E-state index in [0.29, 0.717) is 17.7 Å². The summed E-state index contributed by atoms with van der Waals surface area (Å²) in [7, 11) is 0. The SMILES string of the molecule is CC(C)N1CC(Oc2cc(Br)ccc2OCc2cccc(Cl)c2)C1. The molecule has 0 radical (unpaired) electrons. The quantitative estimate of drug-likeness (QED) is 0.657. The zero-order valence-corrected chi connectivity index (χ0v) is 16.2. The Labute approximate surface area is 156 Å². The molecule has 0 N–H and O–H groups in total. The van der Waals surface area contributed by atoms with E-state index in [1.807, 2.05) is 42.5 Å². The van der Waals surface area contributed by atoms with Crippen LogP contribution in [0, 0.1) is 0 Å². The van der Waals surface area contributed by atoms with Gasteiger partial charge in [0.2, 0.25) is 0 Å². The normalized spacial score (nSPS) is 15.4. The predicted octanol–water partition coefficient (Wildman–Crippen LogP) is 5.15. The van der Waals surface area contributed by atoms with Crippen LogP contribution >= 0.6 is 27.5 Å². The summed E-state index contributed by atoms with van der Waals surface area (Å²) in [5.74, 6) is 1.53. The minimum atomic E-state index is 0.218. The lowest BCUT2D eigenvalue weighted by Crippen LogP contribution is -2.56. The fourth-order valence-corrected chi connectivity index (χ4v) is 3.18. The Morgan fingerprint density at radius 1 is 1.17 bits per heavy atom. The molecule has 3 rings (SSSR count). The van der Waals surface area contributed by atoms with Crippen molar-refractivity contribution in [2.45, 2.75) is 32.6 Å². The van der Waals surface area contributed by atoms with Gasteiger partial charge in [0.25, 0.3) is 0 Å². The van der Waals surface area contributed by atoms with Gasteiger partial charge >= 0.3 is 0 Å². The fourth-order valence-electron chi connectivity index (χ4n) is 2.63. The highest BCUT2D eigenvalue weighted by Gasteiger charge is 2.30. The second-order valence-corrected chi connectivity index (χ2v) is 7.65. The van der Waals surface area contributed by atoms with E-state index in [-0.39, 0.29) is 6.10 Å². The van der Waals surface area contributed by atoms with Crippen LogP contribution in [0.1, 0.15) is 19.4 Å². The lowest BCUT2D eigenvalue weighted by atomic mass is 10.1. The van der Waals surface area contributed by atoms with Gasteiger partial charge in [-0.05, 0) is 49.7 Å². The lowest BCUT2D eigenvalue weighted by molar-refractivity contribution is -0.00151. The molecule has 0 aliphatic carbocycles. The van der Waals surface area contributed by atoms with E-state index in [1.54, 1.807) is 0 Å². The third kappa shape index (κ3) is 4.44. The van der Waals surface area contributed by atoms with Crippen molar-refractivity contribution in [3.05, 3.63) is 57.5 Å². The van der Waals surface area contributed by atoms with Gasteiger partial charge in [-0.15, -0.1) is 0 Å². The number of hydrogen-bond donors (Lipinski definition) is 0. The van der Waals surface area contributed by atoms with Crippen molar-refractivity contribution in [1.82, 2.24) is 4.90 Å². The van der Waals surface area contributed by atoms with Crippen LogP contribution < -0.4 is 9.47 Å². The van der Waals surface area contributed by atoms with E-state index in [0.717, 1.165) is 34.6 Å². The summed E-state index contributed by atoms with van der Waals surface area (Å²) in [6.45, 7) is 6.78. The number of halogens is 2. The van der Waals surface area contributed by atoms with Crippen LogP contribution in [0.4, 0.5) is 0 Å². The summed E-state index contributed by atoms with van der Waals surface area (Å²) in [5.41, 5.74) is 1.03. The molecule has 0 aromatic heterocycles. The summed E-state index contributed by atoms with van der Waals surface area (Å²) >= 11 is 9.53. The van der Waals surface area contributed by atoms with Gasteiger partial charge in [-0.1, -0.05) is 39.7 Å². The molecule has 2 aromatic carbocycles. The summed E-state index contributed by atoms with van der Waals surface area (Å²) in [6.07, 6.45) is 0.218. The molecule has 1 saturated heterocycles. The number of ether oxygens (including phenoxy) is 2. The van der Waals surface area contributed by atoms with Gasteiger partial charge in [-0.25, -0.2) is 0 Å². The Kier molecular flexibility index (Phi) is 5.69. The van der Waals surface area contributed by atoms with Gasteiger partial charge in [-0.2, -0.15) is 0 Å². The second kappa shape index (κ2) is 7.77. The molecule has 128 valence electrons. The van der Waals surface area contributed by atoms with E-state index in [4.69, 9.17) is 21.1 Å². The van der Waals surface area contributed by atoms with Crippen molar-refractivity contribution < 1.29 is 9.47 Å². The highest BCUT2D eigenvalue weighted by atomic mass is 79.9. The molecule has 24 heavy (non-hydrogen) atoms. The van der Waals surface area contributed by atoms with Crippen LogP contribution in [0.25, 0.3) is 0 Å². The number of benzene rings is 2. The highest BCUT2D eigenvalue weighted by molar-refractivity contribution is 9.10. The molecule has 0 spiro atoms. The van der Waals surface area contributed by atoms with Crippen molar-refractivity contribution in [2.24, 2.45) is 0 Å². The monoisotopic (exact) mass is 409 g/mol. The number of hydrogen-bond acceptors (Lipinski definition) is 3. The van der Waals surface area contributed by atoms with E-state index < -0.39 is 0 Å². The average molecular weight is 411 g/mol. The van der Waals surface area contributed by atoms with Gasteiger partial charge in [-0.3, -0.25) is 4.90 Å². The van der Waals surface area contributed by atoms with Crippen LogP contribution in [-0.2, 0) is 6.61 Å². The first-order chi connectivity index (χ1) is 11.5. The molecule has 0 unspecified atom stereocenters. The maximum Gasteiger partial charge on any atom is 0.162 e. The van der Waals surface area contributed by atoms with Crippen LogP contribution in [-0.4, -0.2) is 30.1 Å². The second-order valence-electron chi connectivity index (χ2n) is 6.30. The lowest BCUT2D eigenvalue weighted by Gasteiger charge is -2.41. The number of likely N-dealkylation sites (tertiary alicyclic amines) is 1. The highest BCUT2D eigenvalue weighted by Crippen LogP contribution is 2.33. The van der Waals surface area contributed by atoms with Gasteiger partial charge in [0.15, 0.2) is 11.5 Å². The molecular weight excluding hydrogens is 390 g/mol. The van der Waals surface area contributed by atoms with Gasteiger partial charge in [0, 0.05) is 28.6 Å². The number of rotatable bonds is 6. The fraction of sp³-hybridized carbons (Fsp3) is 0.368. The summed E-state index contributed by atoms with van der Waals surface area (Å²) < 4.78 is 13.1. The van der Waals surface area contributed by atoms with E-state index in [9.17, 15) is 0 Å². The van der Waals surface area contributed by atoms with E-state index >= 15 is 0 Å². The summed E-state index contributed by atoms with van der Waals surface area (Å²) in [4.78, 5) is 2.38. The molecule has 0 atom stereocenters. The molecule has 2 aromatic rings. The molecule has 5 heteroatoms. The predicted molar refractivity (Wildman–Crippen MR) is 101 cm³/mol. The van der Waals surface area contributed by atoms with Crippen LogP contribution in [0.15, 0.2) is 46.9 Å². The maximum absolute atomic E-state index is 6.13. The first-order valence-corrected chi connectivity index (χ1v) is 9.26. The zero-order chi connectivity index (χ0) is 17.1. The Hall–Kier alpha value is -1.23. The average Bonchev–Trinajstić information content (AvgIpc) is 2.49. The Morgan fingerprint density at radius 3 is 2.67 bits per heavy atom. The molecule has 1 heterocycles. The Bertz CT molecular complexity index is 702. The smallest absolute Gasteiger partial charge is 0.162 e. The van der Waals surface area contributed by atoms with E-state index in [2.05, 4.69) is 34.7 Å². The van der Waals surface area contributed by atoms with Crippen molar-refractivity contribution in [1.29, 1.82) is 0 Å². The third-order valence-corrected chi connectivity index (χ3v) is 4.82. The topological polar surface area (TPSA) is 21.7 Å². The molecule has 1 fully saturated rings. The molecule has 0 bridgehead atoms. The van der Waals surface area contributed by atoms with E-state index in [1.165, 1.54) is 0 Å². The minimum absolute atomic E-state index is 0.218.